The molecule has 0 aliphatic carbocycles. The number of anilines is 3. The monoisotopic (exact) mass is 910 g/mol. The molecule has 17 nitrogen and oxygen atoms in total. The van der Waals surface area contributed by atoms with Gasteiger partial charge in [0.2, 0.25) is 29.5 Å². The number of β-amino-alcohol motifs (C(OH)–C–C–N with tert-alkyl or cyclic N) is 1. The number of amides is 5. The zero-order chi connectivity index (χ0) is 47.0. The average Bonchev–Trinajstić information content (AvgIpc) is 3.88. The lowest BCUT2D eigenvalue weighted by molar-refractivity contribution is -0.144. The molecule has 1 aliphatic rings. The topological polar surface area (TPSA) is 257 Å². The number of aryl methyl sites for hydroxylation is 1. The van der Waals surface area contributed by atoms with Crippen molar-refractivity contribution in [2.45, 2.75) is 85.0 Å². The number of nitrogens with zero attached hydrogens (tertiary/aromatic N) is 4. The first-order valence-electron chi connectivity index (χ1n) is 21.2. The standard InChI is InChI=1S/C46H55FN10O7S/c1-25-32(20-50-22-34(25)48)31-16-29-17-36(52-21-33(29)41(49)40(31)47)55-38(60)10-13-51-37(59)11-14-64-15-12-39(61)56-43(46(3,4)5)45(63)57-23-30(58)18-35(57)44(62)53-19-27-6-8-28(9-7-27)42-26(2)54-24-65-42/h6-9,16-17,20-22,24,30,35,43,58H,10-15,18-19,23,48-49H2,1-5H3,(H,51,59)(H,53,62)(H,56,61)(H,52,55,60)/t30-,35+,43-/m1/s1. The second-order valence-corrected chi connectivity index (χ2v) is 17.9. The van der Waals surface area contributed by atoms with Gasteiger partial charge < -0.3 is 47.5 Å². The highest BCUT2D eigenvalue weighted by Crippen LogP contribution is 2.36. The van der Waals surface area contributed by atoms with Crippen molar-refractivity contribution >= 4 is 68.8 Å². The summed E-state index contributed by atoms with van der Waals surface area (Å²) in [6, 6.07) is 9.02. The maximum absolute atomic E-state index is 15.3. The van der Waals surface area contributed by atoms with E-state index < -0.39 is 53.0 Å². The van der Waals surface area contributed by atoms with Gasteiger partial charge in [0.25, 0.3) is 0 Å². The highest BCUT2D eigenvalue weighted by Gasteiger charge is 2.44. The molecule has 0 saturated carbocycles. The van der Waals surface area contributed by atoms with Gasteiger partial charge in [0, 0.05) is 74.2 Å². The summed E-state index contributed by atoms with van der Waals surface area (Å²) in [7, 11) is 0. The number of aliphatic hydroxyl groups excluding tert-OH is 1. The van der Waals surface area contributed by atoms with E-state index in [2.05, 4.69) is 36.2 Å². The Morgan fingerprint density at radius 2 is 1.66 bits per heavy atom. The maximum Gasteiger partial charge on any atom is 0.246 e. The predicted octanol–water partition coefficient (Wildman–Crippen LogP) is 4.39. The van der Waals surface area contributed by atoms with E-state index in [9.17, 15) is 29.1 Å². The van der Waals surface area contributed by atoms with Gasteiger partial charge in [0.15, 0.2) is 5.82 Å². The lowest BCUT2D eigenvalue weighted by atomic mass is 9.85. The molecule has 5 aromatic rings. The molecule has 3 atom stereocenters. The van der Waals surface area contributed by atoms with E-state index in [0.29, 0.717) is 27.6 Å². The summed E-state index contributed by atoms with van der Waals surface area (Å²) in [6.07, 6.45) is 3.33. The lowest BCUT2D eigenvalue weighted by Crippen LogP contribution is -2.57. The zero-order valence-electron chi connectivity index (χ0n) is 37.0. The molecule has 0 radical (unpaired) electrons. The fourth-order valence-electron chi connectivity index (χ4n) is 7.43. The van der Waals surface area contributed by atoms with Crippen molar-refractivity contribution in [1.29, 1.82) is 0 Å². The summed E-state index contributed by atoms with van der Waals surface area (Å²) >= 11 is 1.56. The van der Waals surface area contributed by atoms with Crippen molar-refractivity contribution in [3.05, 3.63) is 83.1 Å². The molecule has 1 saturated heterocycles. The second kappa shape index (κ2) is 21.0. The summed E-state index contributed by atoms with van der Waals surface area (Å²) < 4.78 is 20.8. The number of halogens is 1. The molecule has 9 N–H and O–H groups in total. The van der Waals surface area contributed by atoms with Crippen LogP contribution in [0.3, 0.4) is 0 Å². The summed E-state index contributed by atoms with van der Waals surface area (Å²) in [5.74, 6) is -2.55. The number of carbonyl (C=O) groups excluding carboxylic acids is 5. The van der Waals surface area contributed by atoms with Crippen LogP contribution in [0.1, 0.15) is 63.3 Å². The van der Waals surface area contributed by atoms with E-state index in [4.69, 9.17) is 16.2 Å². The number of hydrogen-bond donors (Lipinski definition) is 7. The number of nitrogens with two attached hydrogens (primary N) is 2. The number of benzene rings is 2. The molecule has 4 heterocycles. The van der Waals surface area contributed by atoms with Gasteiger partial charge in [-0.3, -0.25) is 29.0 Å². The fraction of sp³-hybridized carbons (Fsp3) is 0.391. The van der Waals surface area contributed by atoms with Crippen LogP contribution in [0.4, 0.5) is 21.6 Å². The molecular weight excluding hydrogens is 856 g/mol. The number of carbonyl (C=O) groups is 5. The highest BCUT2D eigenvalue weighted by atomic mass is 32.1. The third-order valence-corrected chi connectivity index (χ3v) is 12.1. The SMILES string of the molecule is Cc1ncsc1-c1ccc(CNC(=O)[C@@H]2C[C@@H](O)CN2C(=O)[C@@H](NC(=O)CCOCCC(=O)NCCC(=O)Nc2cc3cc(-c4cncc(N)c4C)c(F)c(N)c3cn2)C(C)(C)C)cc1. The highest BCUT2D eigenvalue weighted by molar-refractivity contribution is 7.13. The van der Waals surface area contributed by atoms with Gasteiger partial charge in [-0.2, -0.15) is 0 Å². The predicted molar refractivity (Wildman–Crippen MR) is 246 cm³/mol. The van der Waals surface area contributed by atoms with E-state index in [1.165, 1.54) is 23.5 Å². The van der Waals surface area contributed by atoms with Gasteiger partial charge in [-0.1, -0.05) is 45.0 Å². The Labute approximate surface area is 379 Å². The Morgan fingerprint density at radius 3 is 2.35 bits per heavy atom. The van der Waals surface area contributed by atoms with Gasteiger partial charge in [-0.25, -0.2) is 14.4 Å². The van der Waals surface area contributed by atoms with Crippen LogP contribution in [0, 0.1) is 25.1 Å². The molecule has 6 rings (SSSR count). The van der Waals surface area contributed by atoms with Crippen LogP contribution in [0.15, 0.2) is 60.5 Å². The van der Waals surface area contributed by atoms with E-state index in [1.807, 2.05) is 31.2 Å². The molecule has 0 spiro atoms. The number of fused-ring (bicyclic) bond motifs is 1. The Bertz CT molecular complexity index is 2560. The van der Waals surface area contributed by atoms with Crippen LogP contribution < -0.4 is 32.7 Å². The first kappa shape index (κ1) is 47.9. The normalized spacial score (nSPS) is 15.4. The number of rotatable bonds is 17. The molecule has 344 valence electrons. The summed E-state index contributed by atoms with van der Waals surface area (Å²) in [5.41, 5.74) is 17.6. The van der Waals surface area contributed by atoms with Gasteiger partial charge >= 0.3 is 0 Å². The van der Waals surface area contributed by atoms with Crippen LogP contribution in [0.25, 0.3) is 32.3 Å². The third kappa shape index (κ3) is 12.0. The Balaban J connectivity index is 0.907. The number of ether oxygens (including phenoxy) is 1. The second-order valence-electron chi connectivity index (χ2n) is 17.0. The number of likely N-dealkylation sites (tertiary alicyclic amines) is 1. The van der Waals surface area contributed by atoms with Gasteiger partial charge in [-0.15, -0.1) is 11.3 Å². The Kier molecular flexibility index (Phi) is 15.4. The maximum atomic E-state index is 15.3. The average molecular weight is 911 g/mol. The van der Waals surface area contributed by atoms with Crippen LogP contribution >= 0.6 is 11.3 Å². The minimum absolute atomic E-state index is 0.00319. The minimum Gasteiger partial charge on any atom is -0.397 e. The Hall–Kier alpha value is -6.57. The number of nitrogen functional groups attached to an aromatic ring is 2. The van der Waals surface area contributed by atoms with Crippen LogP contribution in [0.2, 0.25) is 0 Å². The van der Waals surface area contributed by atoms with Crippen LogP contribution in [-0.4, -0.2) is 99.0 Å². The molecular formula is C46H55FN10O7S. The van der Waals surface area contributed by atoms with E-state index in [1.54, 1.807) is 56.7 Å². The first-order valence-corrected chi connectivity index (χ1v) is 22.1. The summed E-state index contributed by atoms with van der Waals surface area (Å²) in [4.78, 5) is 80.5. The van der Waals surface area contributed by atoms with E-state index in [0.717, 1.165) is 21.7 Å². The molecule has 2 aromatic carbocycles. The smallest absolute Gasteiger partial charge is 0.246 e. The van der Waals surface area contributed by atoms with Crippen molar-refractivity contribution in [3.63, 3.8) is 0 Å². The number of aliphatic hydroxyl groups is 1. The quantitative estimate of drug-likeness (QED) is 0.0507. The molecule has 3 aromatic heterocycles. The third-order valence-electron chi connectivity index (χ3n) is 11.1. The number of aromatic nitrogens is 3. The molecule has 0 unspecified atom stereocenters. The Morgan fingerprint density at radius 1 is 0.938 bits per heavy atom. The van der Waals surface area contributed by atoms with Crippen molar-refractivity contribution < 1.29 is 38.2 Å². The zero-order valence-corrected chi connectivity index (χ0v) is 37.8. The number of hydrogen-bond acceptors (Lipinski definition) is 13. The van der Waals surface area contributed by atoms with E-state index >= 15 is 4.39 Å². The van der Waals surface area contributed by atoms with Gasteiger partial charge in [0.1, 0.15) is 17.9 Å². The largest absolute Gasteiger partial charge is 0.397 e. The molecule has 1 aliphatic heterocycles. The van der Waals surface area contributed by atoms with Crippen LogP contribution in [-0.2, 0) is 35.3 Å². The van der Waals surface area contributed by atoms with Crippen LogP contribution in [0.5, 0.6) is 0 Å². The molecule has 65 heavy (non-hydrogen) atoms. The summed E-state index contributed by atoms with van der Waals surface area (Å²) in [5, 5.41) is 22.5. The number of nitrogens with one attached hydrogen (secondary N) is 4. The van der Waals surface area contributed by atoms with Gasteiger partial charge in [-0.05, 0) is 53.5 Å². The fourth-order valence-corrected chi connectivity index (χ4v) is 8.24. The van der Waals surface area contributed by atoms with E-state index in [-0.39, 0.29) is 81.5 Å². The molecule has 5 amide bonds. The van der Waals surface area contributed by atoms with Crippen molar-refractivity contribution in [2.75, 3.05) is 43.1 Å². The van der Waals surface area contributed by atoms with Gasteiger partial charge in [0.05, 0.1) is 53.0 Å². The van der Waals surface area contributed by atoms with Crippen molar-refractivity contribution in [3.8, 4) is 21.6 Å². The molecule has 19 heteroatoms. The minimum atomic E-state index is -1.00. The first-order chi connectivity index (χ1) is 30.9. The molecule has 1 fully saturated rings. The number of pyridine rings is 2. The van der Waals surface area contributed by atoms with Crippen molar-refractivity contribution in [2.24, 2.45) is 5.41 Å². The van der Waals surface area contributed by atoms with Crippen molar-refractivity contribution in [1.82, 2.24) is 35.8 Å². The lowest BCUT2D eigenvalue weighted by Gasteiger charge is -2.35. The number of thiazole rings is 1. The molecule has 0 bridgehead atoms. The summed E-state index contributed by atoms with van der Waals surface area (Å²) in [6.45, 7) is 9.28.